The molecule has 2 aliphatic rings. The zero-order valence-corrected chi connectivity index (χ0v) is 16.7. The summed E-state index contributed by atoms with van der Waals surface area (Å²) >= 11 is 0. The van der Waals surface area contributed by atoms with E-state index in [1.165, 1.54) is 6.07 Å². The Balaban J connectivity index is 1.26. The zero-order chi connectivity index (χ0) is 20.9. The van der Waals surface area contributed by atoms with Crippen molar-refractivity contribution in [2.24, 2.45) is 11.1 Å². The topological polar surface area (TPSA) is 96.3 Å². The van der Waals surface area contributed by atoms with Gasteiger partial charge in [-0.2, -0.15) is 0 Å². The van der Waals surface area contributed by atoms with Crippen molar-refractivity contribution in [2.75, 3.05) is 26.2 Å². The van der Waals surface area contributed by atoms with Crippen molar-refractivity contribution < 1.29 is 13.9 Å². The average molecular weight is 409 g/mol. The zero-order valence-electron chi connectivity index (χ0n) is 16.7. The summed E-state index contributed by atoms with van der Waals surface area (Å²) in [4.78, 5) is 21.6. The van der Waals surface area contributed by atoms with E-state index in [-0.39, 0.29) is 23.5 Å². The summed E-state index contributed by atoms with van der Waals surface area (Å²) < 4.78 is 20.5. The lowest BCUT2D eigenvalue weighted by Crippen LogP contribution is -2.73. The maximum Gasteiger partial charge on any atom is 0.239 e. The normalized spacial score (nSPS) is 18.2. The molecule has 0 saturated carbocycles. The van der Waals surface area contributed by atoms with Gasteiger partial charge in [-0.15, -0.1) is 0 Å². The lowest BCUT2D eigenvalue weighted by atomic mass is 9.74. The molecule has 8 heteroatoms. The first-order valence-electron chi connectivity index (χ1n) is 10.1. The molecule has 0 unspecified atom stereocenters. The Bertz CT molecular complexity index is 1120. The second-order valence-corrected chi connectivity index (χ2v) is 8.48. The Labute approximate surface area is 173 Å². The van der Waals surface area contributed by atoms with Crippen LogP contribution in [0.1, 0.15) is 11.1 Å². The van der Waals surface area contributed by atoms with Crippen molar-refractivity contribution >= 4 is 16.9 Å². The molecule has 2 aromatic heterocycles. The Kier molecular flexibility index (Phi) is 4.48. The average Bonchev–Trinajstić information content (AvgIpc) is 3.03. The second kappa shape index (κ2) is 7.07. The molecule has 1 atom stereocenters. The van der Waals surface area contributed by atoms with Crippen LogP contribution in [0.15, 0.2) is 36.7 Å². The molecule has 3 aromatic rings. The number of benzene rings is 1. The van der Waals surface area contributed by atoms with Gasteiger partial charge in [0.1, 0.15) is 11.4 Å². The van der Waals surface area contributed by atoms with Crippen molar-refractivity contribution in [1.82, 2.24) is 20.2 Å². The minimum Gasteiger partial charge on any atom is -0.453 e. The predicted molar refractivity (Wildman–Crippen MR) is 111 cm³/mol. The van der Waals surface area contributed by atoms with E-state index >= 15 is 0 Å². The van der Waals surface area contributed by atoms with Crippen LogP contribution in [-0.4, -0.2) is 53.0 Å². The van der Waals surface area contributed by atoms with Gasteiger partial charge in [0.25, 0.3) is 0 Å². The van der Waals surface area contributed by atoms with Gasteiger partial charge in [-0.1, -0.05) is 6.07 Å². The van der Waals surface area contributed by atoms with Gasteiger partial charge in [0.05, 0.1) is 11.4 Å². The number of carbonyl (C=O) groups excluding carboxylic acids is 1. The fraction of sp³-hybridized carbons (Fsp3) is 0.364. The Hall–Kier alpha value is -2.97. The molecule has 2 aliphatic heterocycles. The molecule has 2 fully saturated rings. The SMILES string of the molecule is Cc1c[nH]c2nccc(Oc3ccc(C[C@H](N)C(=O)N4CC5(CNC5)C4)cc3F)c12. The van der Waals surface area contributed by atoms with E-state index in [1.807, 2.05) is 13.1 Å². The number of fused-ring (bicyclic) bond motifs is 1. The van der Waals surface area contributed by atoms with Crippen LogP contribution in [0.4, 0.5) is 4.39 Å². The van der Waals surface area contributed by atoms with Crippen molar-refractivity contribution in [3.63, 3.8) is 0 Å². The number of likely N-dealkylation sites (tertiary alicyclic amines) is 1. The number of halogens is 1. The number of amides is 1. The number of nitrogens with zero attached hydrogens (tertiary/aromatic N) is 2. The smallest absolute Gasteiger partial charge is 0.239 e. The third kappa shape index (κ3) is 3.22. The Morgan fingerprint density at radius 3 is 2.83 bits per heavy atom. The highest BCUT2D eigenvalue weighted by Crippen LogP contribution is 2.35. The summed E-state index contributed by atoms with van der Waals surface area (Å²) in [7, 11) is 0. The van der Waals surface area contributed by atoms with E-state index in [0.717, 1.165) is 37.1 Å². The van der Waals surface area contributed by atoms with Crippen LogP contribution in [0, 0.1) is 18.2 Å². The summed E-state index contributed by atoms with van der Waals surface area (Å²) in [6, 6.07) is 5.75. The highest BCUT2D eigenvalue weighted by Gasteiger charge is 2.49. The Morgan fingerprint density at radius 2 is 2.13 bits per heavy atom. The number of hydrogen-bond acceptors (Lipinski definition) is 5. The Morgan fingerprint density at radius 1 is 1.33 bits per heavy atom. The first-order valence-corrected chi connectivity index (χ1v) is 10.1. The van der Waals surface area contributed by atoms with Gasteiger partial charge >= 0.3 is 0 Å². The number of rotatable bonds is 5. The van der Waals surface area contributed by atoms with Crippen molar-refractivity contribution in [1.29, 1.82) is 0 Å². The van der Waals surface area contributed by atoms with Crippen LogP contribution in [0.3, 0.4) is 0 Å². The number of nitrogens with one attached hydrogen (secondary N) is 2. The molecule has 4 heterocycles. The van der Waals surface area contributed by atoms with E-state index in [0.29, 0.717) is 17.0 Å². The van der Waals surface area contributed by atoms with E-state index in [2.05, 4.69) is 15.3 Å². The van der Waals surface area contributed by atoms with Crippen LogP contribution < -0.4 is 15.8 Å². The molecular weight excluding hydrogens is 385 g/mol. The second-order valence-electron chi connectivity index (χ2n) is 8.48. The van der Waals surface area contributed by atoms with Crippen molar-refractivity contribution in [3.8, 4) is 11.5 Å². The molecule has 0 bridgehead atoms. The van der Waals surface area contributed by atoms with Gasteiger partial charge in [0.15, 0.2) is 11.6 Å². The molecule has 1 aromatic carbocycles. The van der Waals surface area contributed by atoms with Crippen LogP contribution in [-0.2, 0) is 11.2 Å². The van der Waals surface area contributed by atoms with E-state index in [1.54, 1.807) is 29.3 Å². The summed E-state index contributed by atoms with van der Waals surface area (Å²) in [6.45, 7) is 5.38. The summed E-state index contributed by atoms with van der Waals surface area (Å²) in [5.41, 5.74) is 8.71. The van der Waals surface area contributed by atoms with Gasteiger partial charge in [0.2, 0.25) is 5.91 Å². The molecule has 1 spiro atoms. The van der Waals surface area contributed by atoms with Gasteiger partial charge in [-0.25, -0.2) is 9.37 Å². The fourth-order valence-corrected chi connectivity index (χ4v) is 4.34. The van der Waals surface area contributed by atoms with Gasteiger partial charge in [-0.05, 0) is 42.7 Å². The molecule has 1 amide bonds. The number of aromatic nitrogens is 2. The van der Waals surface area contributed by atoms with Gasteiger partial charge < -0.3 is 25.7 Å². The minimum atomic E-state index is -0.677. The number of hydrogen-bond donors (Lipinski definition) is 3. The van der Waals surface area contributed by atoms with E-state index in [4.69, 9.17) is 10.5 Å². The summed E-state index contributed by atoms with van der Waals surface area (Å²) in [5.74, 6) is 0.0903. The standard InChI is InChI=1S/C22H24FN5O2/c1-13-8-27-20-19(13)18(4-5-26-20)30-17-3-2-14(6-15(17)23)7-16(24)21(29)28-11-22(12-28)9-25-10-22/h2-6,8,16,25H,7,9-12,24H2,1H3,(H,26,27)/t16-/m0/s1. The predicted octanol–water partition coefficient (Wildman–Crippen LogP) is 2.10. The highest BCUT2D eigenvalue weighted by molar-refractivity contribution is 5.86. The largest absolute Gasteiger partial charge is 0.453 e. The molecule has 4 N–H and O–H groups in total. The molecule has 0 radical (unpaired) electrons. The van der Waals surface area contributed by atoms with Crippen LogP contribution in [0.5, 0.6) is 11.5 Å². The molecule has 30 heavy (non-hydrogen) atoms. The number of ether oxygens (including phenoxy) is 1. The number of pyridine rings is 1. The number of aryl methyl sites for hydroxylation is 1. The molecule has 0 aliphatic carbocycles. The minimum absolute atomic E-state index is 0.0737. The number of nitrogens with two attached hydrogens (primary N) is 1. The van der Waals surface area contributed by atoms with E-state index < -0.39 is 11.9 Å². The molecule has 7 nitrogen and oxygen atoms in total. The molecule has 5 rings (SSSR count). The first-order chi connectivity index (χ1) is 14.4. The highest BCUT2D eigenvalue weighted by atomic mass is 19.1. The van der Waals surface area contributed by atoms with Crippen LogP contribution in [0.2, 0.25) is 0 Å². The maximum absolute atomic E-state index is 14.7. The van der Waals surface area contributed by atoms with Crippen molar-refractivity contribution in [2.45, 2.75) is 19.4 Å². The molecular formula is C22H24FN5O2. The number of H-pyrrole nitrogens is 1. The monoisotopic (exact) mass is 409 g/mol. The van der Waals surface area contributed by atoms with Crippen LogP contribution >= 0.6 is 0 Å². The van der Waals surface area contributed by atoms with Gasteiger partial charge in [-0.3, -0.25) is 4.79 Å². The third-order valence-corrected chi connectivity index (χ3v) is 6.09. The van der Waals surface area contributed by atoms with E-state index in [9.17, 15) is 9.18 Å². The summed E-state index contributed by atoms with van der Waals surface area (Å²) in [5, 5.41) is 4.07. The van der Waals surface area contributed by atoms with Crippen molar-refractivity contribution in [3.05, 3.63) is 53.6 Å². The lowest BCUT2D eigenvalue weighted by Gasteiger charge is -2.56. The summed E-state index contributed by atoms with van der Waals surface area (Å²) in [6.07, 6.45) is 3.74. The van der Waals surface area contributed by atoms with Gasteiger partial charge in [0, 0.05) is 44.0 Å². The first kappa shape index (κ1) is 19.0. The number of carbonyl (C=O) groups is 1. The quantitative estimate of drug-likeness (QED) is 0.600. The maximum atomic E-state index is 14.7. The molecule has 2 saturated heterocycles. The number of aromatic amines is 1. The van der Waals surface area contributed by atoms with Crippen LogP contribution in [0.25, 0.3) is 11.0 Å². The molecule has 156 valence electrons. The lowest BCUT2D eigenvalue weighted by molar-refractivity contribution is -0.148. The third-order valence-electron chi connectivity index (χ3n) is 6.09. The fourth-order valence-electron chi connectivity index (χ4n) is 4.34.